The molecule has 1 saturated heterocycles. The normalized spacial score (nSPS) is 46.2. The molecule has 3 unspecified atom stereocenters. The Balaban J connectivity index is 3.02. The Bertz CT molecular complexity index is 421. The van der Waals surface area contributed by atoms with E-state index in [1.807, 2.05) is 0 Å². The summed E-state index contributed by atoms with van der Waals surface area (Å²) in [4.78, 5) is 0. The van der Waals surface area contributed by atoms with Gasteiger partial charge in [0.25, 0.3) is 0 Å². The minimum Gasteiger partial charge on any atom is -0.391 e. The fraction of sp³-hybridized carbons (Fsp3) is 1.00. The molecule has 5 N–H and O–H groups in total. The molecule has 1 heterocycles. The zero-order valence-electron chi connectivity index (χ0n) is 15.5. The first-order valence-electron chi connectivity index (χ1n) is 8.67. The van der Waals surface area contributed by atoms with Gasteiger partial charge in [0.15, 0.2) is 11.4 Å². The van der Waals surface area contributed by atoms with Gasteiger partial charge in [-0.3, -0.25) is 0 Å². The molecule has 0 saturated carbocycles. The number of rotatable bonds is 8. The average molecular weight is 350 g/mol. The van der Waals surface area contributed by atoms with E-state index in [-0.39, 0.29) is 6.61 Å². The molecule has 0 aromatic heterocycles. The van der Waals surface area contributed by atoms with Crippen molar-refractivity contribution < 1.29 is 35.0 Å². The van der Waals surface area contributed by atoms with Crippen molar-refractivity contribution in [3.05, 3.63) is 0 Å². The number of aliphatic hydroxyl groups excluding tert-OH is 1. The molecule has 5 atom stereocenters. The molecule has 144 valence electrons. The van der Waals surface area contributed by atoms with Gasteiger partial charge in [0.1, 0.15) is 17.8 Å². The molecule has 0 aliphatic carbocycles. The van der Waals surface area contributed by atoms with Crippen molar-refractivity contribution in [1.29, 1.82) is 0 Å². The van der Waals surface area contributed by atoms with Crippen molar-refractivity contribution in [2.24, 2.45) is 0 Å². The van der Waals surface area contributed by atoms with Crippen LogP contribution in [-0.4, -0.2) is 67.1 Å². The monoisotopic (exact) mass is 350 g/mol. The third-order valence-corrected chi connectivity index (χ3v) is 5.75. The van der Waals surface area contributed by atoms with Gasteiger partial charge in [0.05, 0.1) is 0 Å². The number of unbranched alkanes of at least 4 members (excludes halogenated alkanes) is 4. The van der Waals surface area contributed by atoms with Crippen LogP contribution in [0.25, 0.3) is 0 Å². The first kappa shape index (κ1) is 21.8. The lowest BCUT2D eigenvalue weighted by molar-refractivity contribution is -0.498. The quantitative estimate of drug-likeness (QED) is 0.408. The molecule has 0 aromatic carbocycles. The van der Waals surface area contributed by atoms with Crippen molar-refractivity contribution in [2.45, 2.75) is 95.1 Å². The van der Waals surface area contributed by atoms with E-state index < -0.39 is 35.0 Å². The Morgan fingerprint density at radius 2 is 1.38 bits per heavy atom. The smallest absolute Gasteiger partial charge is 0.224 e. The maximum atomic E-state index is 11.0. The maximum absolute atomic E-state index is 11.0. The van der Waals surface area contributed by atoms with Crippen LogP contribution in [0.2, 0.25) is 0 Å². The predicted octanol–water partition coefficient (Wildman–Crippen LogP) is 0.654. The minimum absolute atomic E-state index is 0.209. The van der Waals surface area contributed by atoms with E-state index in [1.54, 1.807) is 0 Å². The van der Waals surface area contributed by atoms with Crippen LogP contribution in [-0.2, 0) is 9.47 Å². The first-order valence-corrected chi connectivity index (χ1v) is 8.67. The summed E-state index contributed by atoms with van der Waals surface area (Å²) < 4.78 is 10.9. The molecule has 0 bridgehead atoms. The van der Waals surface area contributed by atoms with E-state index in [0.29, 0.717) is 6.42 Å². The third-order valence-electron chi connectivity index (χ3n) is 5.75. The van der Waals surface area contributed by atoms with Crippen LogP contribution in [0.1, 0.15) is 66.7 Å². The molecule has 1 aliphatic rings. The highest BCUT2D eigenvalue weighted by Crippen LogP contribution is 2.53. The highest BCUT2D eigenvalue weighted by molar-refractivity contribution is 5.20. The summed E-state index contributed by atoms with van der Waals surface area (Å²) in [6.07, 6.45) is 4.92. The summed E-state index contributed by atoms with van der Waals surface area (Å²) >= 11 is 0. The van der Waals surface area contributed by atoms with Crippen molar-refractivity contribution in [3.8, 4) is 0 Å². The predicted molar refractivity (Wildman–Crippen MR) is 88.1 cm³/mol. The van der Waals surface area contributed by atoms with Crippen LogP contribution in [0.5, 0.6) is 0 Å². The van der Waals surface area contributed by atoms with Gasteiger partial charge in [-0.2, -0.15) is 0 Å². The standard InChI is InChI=1S/C17H34O7/c1-6-7-8-9-10-11-23-15(4)13(2,19)14(3,20)16(5,21)24-17(15,22)12-18/h18-22H,6-12H2,1-5H3/t13?,14?,15-,16-,17?/m0/s1. The van der Waals surface area contributed by atoms with Crippen LogP contribution in [0.15, 0.2) is 0 Å². The van der Waals surface area contributed by atoms with Crippen LogP contribution in [0, 0.1) is 0 Å². The van der Waals surface area contributed by atoms with Crippen molar-refractivity contribution in [2.75, 3.05) is 13.2 Å². The molecule has 1 fully saturated rings. The van der Waals surface area contributed by atoms with Crippen molar-refractivity contribution in [1.82, 2.24) is 0 Å². The average Bonchev–Trinajstić information content (AvgIpc) is 2.48. The number of hydrogen-bond acceptors (Lipinski definition) is 7. The van der Waals surface area contributed by atoms with Crippen molar-refractivity contribution in [3.63, 3.8) is 0 Å². The molecular formula is C17H34O7. The molecule has 7 heteroatoms. The molecule has 1 rings (SSSR count). The topological polar surface area (TPSA) is 120 Å². The Kier molecular flexibility index (Phi) is 6.48. The SMILES string of the molecule is CCCCCCCO[C@]1(C)C(O)(CO)O[C@](C)(O)C(C)(O)C1(C)O. The fourth-order valence-corrected chi connectivity index (χ4v) is 3.24. The molecule has 24 heavy (non-hydrogen) atoms. The Labute approximate surface area is 144 Å². The molecule has 0 aromatic rings. The first-order chi connectivity index (χ1) is 10.8. The Morgan fingerprint density at radius 3 is 1.88 bits per heavy atom. The second-order valence-electron chi connectivity index (χ2n) is 7.47. The Morgan fingerprint density at radius 1 is 0.833 bits per heavy atom. The van der Waals surface area contributed by atoms with Gasteiger partial charge >= 0.3 is 0 Å². The largest absolute Gasteiger partial charge is 0.391 e. The van der Waals surface area contributed by atoms with E-state index in [4.69, 9.17) is 9.47 Å². The summed E-state index contributed by atoms with van der Waals surface area (Å²) in [5, 5.41) is 52.3. The van der Waals surface area contributed by atoms with E-state index >= 15 is 0 Å². The molecule has 0 spiro atoms. The van der Waals surface area contributed by atoms with Crippen LogP contribution in [0.4, 0.5) is 0 Å². The van der Waals surface area contributed by atoms with Gasteiger partial charge in [-0.1, -0.05) is 32.6 Å². The minimum atomic E-state index is -2.38. The molecule has 7 nitrogen and oxygen atoms in total. The highest BCUT2D eigenvalue weighted by Gasteiger charge is 2.76. The van der Waals surface area contributed by atoms with Gasteiger partial charge in [-0.25, -0.2) is 0 Å². The van der Waals surface area contributed by atoms with E-state index in [0.717, 1.165) is 32.6 Å². The lowest BCUT2D eigenvalue weighted by Crippen LogP contribution is -2.85. The zero-order valence-corrected chi connectivity index (χ0v) is 15.5. The summed E-state index contributed by atoms with van der Waals surface area (Å²) in [6.45, 7) is 6.34. The lowest BCUT2D eigenvalue weighted by atomic mass is 9.64. The molecule has 0 amide bonds. The summed E-state index contributed by atoms with van der Waals surface area (Å²) in [6, 6.07) is 0. The Hall–Kier alpha value is -0.280. The van der Waals surface area contributed by atoms with Crippen LogP contribution >= 0.6 is 0 Å². The lowest BCUT2D eigenvalue weighted by Gasteiger charge is -2.64. The van der Waals surface area contributed by atoms with Gasteiger partial charge < -0.3 is 35.0 Å². The summed E-state index contributed by atoms with van der Waals surface area (Å²) in [5.41, 5.74) is -6.12. The number of hydrogen-bond donors (Lipinski definition) is 5. The van der Waals surface area contributed by atoms with Crippen molar-refractivity contribution >= 4 is 0 Å². The van der Waals surface area contributed by atoms with E-state index in [2.05, 4.69) is 6.92 Å². The summed E-state index contributed by atoms with van der Waals surface area (Å²) in [5.74, 6) is -4.68. The van der Waals surface area contributed by atoms with Gasteiger partial charge in [0.2, 0.25) is 5.79 Å². The van der Waals surface area contributed by atoms with Crippen LogP contribution < -0.4 is 0 Å². The second kappa shape index (κ2) is 7.15. The van der Waals surface area contributed by atoms with Gasteiger partial charge in [0, 0.05) is 6.61 Å². The molecule has 1 aliphatic heterocycles. The highest BCUT2D eigenvalue weighted by atomic mass is 16.8. The summed E-state index contributed by atoms with van der Waals surface area (Å²) in [7, 11) is 0. The molecule has 0 radical (unpaired) electrons. The van der Waals surface area contributed by atoms with Gasteiger partial charge in [-0.15, -0.1) is 0 Å². The number of ether oxygens (including phenoxy) is 2. The van der Waals surface area contributed by atoms with Gasteiger partial charge in [-0.05, 0) is 34.1 Å². The second-order valence-corrected chi connectivity index (χ2v) is 7.47. The number of aliphatic hydroxyl groups is 5. The fourth-order valence-electron chi connectivity index (χ4n) is 3.24. The van der Waals surface area contributed by atoms with E-state index in [1.165, 1.54) is 20.8 Å². The zero-order chi connectivity index (χ0) is 18.9. The molecular weight excluding hydrogens is 316 g/mol. The third kappa shape index (κ3) is 3.23. The maximum Gasteiger partial charge on any atom is 0.224 e. The van der Waals surface area contributed by atoms with Crippen LogP contribution in [0.3, 0.4) is 0 Å². The van der Waals surface area contributed by atoms with E-state index in [9.17, 15) is 25.5 Å².